The van der Waals surface area contributed by atoms with Gasteiger partial charge in [-0.15, -0.1) is 0 Å². The molecule has 0 aliphatic heterocycles. The van der Waals surface area contributed by atoms with Crippen LogP contribution in [0.3, 0.4) is 0 Å². The van der Waals surface area contributed by atoms with Gasteiger partial charge >= 0.3 is 0 Å². The Morgan fingerprint density at radius 2 is 1.92 bits per heavy atom. The zero-order valence-corrected chi connectivity index (χ0v) is 8.54. The fourth-order valence-corrected chi connectivity index (χ4v) is 0.921. The summed E-state index contributed by atoms with van der Waals surface area (Å²) in [5.74, 6) is 0. The number of nitrogens with zero attached hydrogens (tertiary/aromatic N) is 1. The second kappa shape index (κ2) is 6.40. The minimum atomic E-state index is -0.315. The van der Waals surface area contributed by atoms with Crippen molar-refractivity contribution in [2.45, 2.75) is 33.6 Å². The van der Waals surface area contributed by atoms with E-state index in [1.54, 1.807) is 6.08 Å². The Bertz CT molecular complexity index is 225. The second-order valence-corrected chi connectivity index (χ2v) is 3.39. The summed E-state index contributed by atoms with van der Waals surface area (Å²) in [4.78, 5) is 9.72. The third-order valence-electron chi connectivity index (χ3n) is 1.68. The smallest absolute Gasteiger partial charge is 0.222 e. The normalized spacial score (nSPS) is 11.2. The van der Waals surface area contributed by atoms with Crippen LogP contribution in [-0.4, -0.2) is 11.5 Å². The van der Waals surface area contributed by atoms with Crippen LogP contribution < -0.4 is 0 Å². The summed E-state index contributed by atoms with van der Waals surface area (Å²) < 4.78 is 0. The molecular formula is C10H17NO2. The summed E-state index contributed by atoms with van der Waals surface area (Å²) in [5.41, 5.74) is 2.39. The van der Waals surface area contributed by atoms with Gasteiger partial charge in [0.1, 0.15) is 0 Å². The molecule has 0 radical (unpaired) electrons. The molecule has 0 bridgehead atoms. The van der Waals surface area contributed by atoms with Crippen LogP contribution in [0.15, 0.2) is 23.3 Å². The molecule has 0 heterocycles. The minimum Gasteiger partial charge on any atom is -0.264 e. The van der Waals surface area contributed by atoms with Crippen LogP contribution in [0.4, 0.5) is 0 Å². The Morgan fingerprint density at radius 1 is 1.31 bits per heavy atom. The molecule has 0 rings (SSSR count). The molecule has 0 aromatic carbocycles. The summed E-state index contributed by atoms with van der Waals surface area (Å²) in [7, 11) is 0. The van der Waals surface area contributed by atoms with E-state index in [0.29, 0.717) is 0 Å². The predicted octanol–water partition coefficient (Wildman–Crippen LogP) is 2.96. The van der Waals surface area contributed by atoms with Crippen molar-refractivity contribution >= 4 is 0 Å². The average Bonchev–Trinajstić information content (AvgIpc) is 2.00. The zero-order valence-electron chi connectivity index (χ0n) is 8.54. The van der Waals surface area contributed by atoms with Crippen molar-refractivity contribution in [3.8, 4) is 0 Å². The summed E-state index contributed by atoms with van der Waals surface area (Å²) in [6.07, 6.45) is 5.71. The fraction of sp³-hybridized carbons (Fsp3) is 0.600. The van der Waals surface area contributed by atoms with Crippen LogP contribution in [0.5, 0.6) is 0 Å². The Labute approximate surface area is 79.3 Å². The van der Waals surface area contributed by atoms with Crippen molar-refractivity contribution in [1.82, 2.24) is 0 Å². The average molecular weight is 183 g/mol. The van der Waals surface area contributed by atoms with Crippen molar-refractivity contribution in [1.29, 1.82) is 0 Å². The lowest BCUT2D eigenvalue weighted by atomic mass is 10.1. The minimum absolute atomic E-state index is 0.0549. The molecule has 0 aliphatic carbocycles. The highest BCUT2D eigenvalue weighted by Gasteiger charge is 1.93. The summed E-state index contributed by atoms with van der Waals surface area (Å²) in [5, 5.41) is 10.0. The molecule has 74 valence electrons. The van der Waals surface area contributed by atoms with Gasteiger partial charge in [-0.2, -0.15) is 0 Å². The van der Waals surface area contributed by atoms with Crippen molar-refractivity contribution in [2.75, 3.05) is 6.54 Å². The van der Waals surface area contributed by atoms with Gasteiger partial charge in [-0.3, -0.25) is 10.1 Å². The third-order valence-corrected chi connectivity index (χ3v) is 1.68. The van der Waals surface area contributed by atoms with Gasteiger partial charge in [0.05, 0.1) is 0 Å². The lowest BCUT2D eigenvalue weighted by Gasteiger charge is -1.96. The first-order chi connectivity index (χ1) is 6.02. The molecule has 0 amide bonds. The Morgan fingerprint density at radius 3 is 2.38 bits per heavy atom. The summed E-state index contributed by atoms with van der Waals surface area (Å²) in [6, 6.07) is 0. The van der Waals surface area contributed by atoms with Crippen LogP contribution in [0, 0.1) is 10.1 Å². The van der Waals surface area contributed by atoms with E-state index >= 15 is 0 Å². The monoisotopic (exact) mass is 183 g/mol. The van der Waals surface area contributed by atoms with E-state index in [1.165, 1.54) is 5.57 Å². The maximum atomic E-state index is 10.0. The van der Waals surface area contributed by atoms with E-state index in [1.807, 2.05) is 6.92 Å². The van der Waals surface area contributed by atoms with Crippen molar-refractivity contribution in [2.24, 2.45) is 0 Å². The molecule has 0 saturated heterocycles. The molecule has 13 heavy (non-hydrogen) atoms. The maximum Gasteiger partial charge on any atom is 0.222 e. The predicted molar refractivity (Wildman–Crippen MR) is 54.3 cm³/mol. The number of nitro groups is 1. The molecule has 3 nitrogen and oxygen atoms in total. The highest BCUT2D eigenvalue weighted by molar-refractivity contribution is 5.01. The van der Waals surface area contributed by atoms with Crippen LogP contribution in [0.2, 0.25) is 0 Å². The fourth-order valence-electron chi connectivity index (χ4n) is 0.921. The van der Waals surface area contributed by atoms with E-state index < -0.39 is 0 Å². The van der Waals surface area contributed by atoms with Gasteiger partial charge in [0.25, 0.3) is 0 Å². The molecule has 0 fully saturated rings. The molecule has 0 aromatic heterocycles. The van der Waals surface area contributed by atoms with Crippen molar-refractivity contribution < 1.29 is 4.92 Å². The lowest BCUT2D eigenvalue weighted by molar-refractivity contribution is -0.468. The van der Waals surface area contributed by atoms with Gasteiger partial charge in [0.2, 0.25) is 6.54 Å². The second-order valence-electron chi connectivity index (χ2n) is 3.39. The van der Waals surface area contributed by atoms with Gasteiger partial charge in [0.15, 0.2) is 0 Å². The van der Waals surface area contributed by atoms with Gasteiger partial charge in [-0.05, 0) is 39.7 Å². The number of hydrogen-bond donors (Lipinski definition) is 0. The van der Waals surface area contributed by atoms with E-state index in [2.05, 4.69) is 19.9 Å². The first-order valence-corrected chi connectivity index (χ1v) is 4.43. The molecule has 0 unspecified atom stereocenters. The van der Waals surface area contributed by atoms with E-state index in [0.717, 1.165) is 18.4 Å². The standard InChI is InChI=1S/C10H17NO2/c1-9(2)5-4-6-10(3)7-8-11(12)13/h5,7H,4,6,8H2,1-3H3/b10-7+. The molecule has 3 heteroatoms. The first kappa shape index (κ1) is 11.9. The van der Waals surface area contributed by atoms with Gasteiger partial charge in [-0.25, -0.2) is 0 Å². The molecule has 0 aromatic rings. The zero-order chi connectivity index (χ0) is 10.3. The number of rotatable bonds is 5. The molecule has 0 spiro atoms. The molecule has 0 saturated carbocycles. The first-order valence-electron chi connectivity index (χ1n) is 4.43. The van der Waals surface area contributed by atoms with Crippen molar-refractivity contribution in [3.05, 3.63) is 33.4 Å². The van der Waals surface area contributed by atoms with Crippen LogP contribution >= 0.6 is 0 Å². The lowest BCUT2D eigenvalue weighted by Crippen LogP contribution is -1.97. The van der Waals surface area contributed by atoms with Gasteiger partial charge < -0.3 is 0 Å². The van der Waals surface area contributed by atoms with Crippen LogP contribution in [0.1, 0.15) is 33.6 Å². The van der Waals surface area contributed by atoms with Crippen LogP contribution in [0.25, 0.3) is 0 Å². The van der Waals surface area contributed by atoms with Gasteiger partial charge in [-0.1, -0.05) is 17.2 Å². The topological polar surface area (TPSA) is 43.1 Å². The third kappa shape index (κ3) is 8.79. The maximum absolute atomic E-state index is 10.0. The highest BCUT2D eigenvalue weighted by atomic mass is 16.6. The van der Waals surface area contributed by atoms with E-state index in [-0.39, 0.29) is 11.5 Å². The largest absolute Gasteiger partial charge is 0.264 e. The van der Waals surface area contributed by atoms with Crippen LogP contribution in [-0.2, 0) is 0 Å². The Kier molecular flexibility index (Phi) is 5.85. The SMILES string of the molecule is CC(C)=CCC/C(C)=C/C[N+](=O)[O-]. The molecular weight excluding hydrogens is 166 g/mol. The summed E-state index contributed by atoms with van der Waals surface area (Å²) in [6.45, 7) is 5.98. The Hall–Kier alpha value is -1.12. The van der Waals surface area contributed by atoms with Gasteiger partial charge in [0, 0.05) is 4.92 Å². The highest BCUT2D eigenvalue weighted by Crippen LogP contribution is 2.05. The number of hydrogen-bond acceptors (Lipinski definition) is 2. The summed E-state index contributed by atoms with van der Waals surface area (Å²) >= 11 is 0. The molecule has 0 aliphatic rings. The molecule has 0 atom stereocenters. The van der Waals surface area contributed by atoms with Crippen molar-refractivity contribution in [3.63, 3.8) is 0 Å². The number of allylic oxidation sites excluding steroid dienone is 3. The Balaban J connectivity index is 3.73. The quantitative estimate of drug-likeness (QED) is 0.373. The molecule has 0 N–H and O–H groups in total. The van der Waals surface area contributed by atoms with E-state index in [9.17, 15) is 10.1 Å². The van der Waals surface area contributed by atoms with E-state index in [4.69, 9.17) is 0 Å².